The molecule has 0 saturated carbocycles. The third kappa shape index (κ3) is 6.07. The summed E-state index contributed by atoms with van der Waals surface area (Å²) >= 11 is 0. The molecule has 0 spiro atoms. The first kappa shape index (κ1) is 19.3. The van der Waals surface area contributed by atoms with Gasteiger partial charge >= 0.3 is 0 Å². The van der Waals surface area contributed by atoms with E-state index in [1.54, 1.807) is 12.1 Å². The fraction of sp³-hybridized carbons (Fsp3) is 0.368. The molecule has 25 heavy (non-hydrogen) atoms. The van der Waals surface area contributed by atoms with Crippen molar-refractivity contribution in [1.82, 2.24) is 0 Å². The number of benzene rings is 2. The van der Waals surface area contributed by atoms with Crippen LogP contribution in [0.5, 0.6) is 17.2 Å². The van der Waals surface area contributed by atoms with E-state index in [2.05, 4.69) is 6.92 Å². The van der Waals surface area contributed by atoms with Gasteiger partial charge in [-0.25, -0.2) is 0 Å². The van der Waals surface area contributed by atoms with Crippen LogP contribution < -0.4 is 4.74 Å². The third-order valence-corrected chi connectivity index (χ3v) is 4.80. The van der Waals surface area contributed by atoms with E-state index in [1.165, 1.54) is 43.4 Å². The van der Waals surface area contributed by atoms with Crippen LogP contribution in [0.3, 0.4) is 0 Å². The Kier molecular flexibility index (Phi) is 6.84. The first-order valence-electron chi connectivity index (χ1n) is 8.47. The maximum absolute atomic E-state index is 11.4. The van der Waals surface area contributed by atoms with E-state index in [4.69, 9.17) is 4.74 Å². The molecule has 0 aliphatic carbocycles. The second-order valence-corrected chi connectivity index (χ2v) is 7.41. The van der Waals surface area contributed by atoms with Gasteiger partial charge in [-0.15, -0.1) is 0 Å². The molecule has 0 unspecified atom stereocenters. The number of rotatable bonds is 9. The summed E-state index contributed by atoms with van der Waals surface area (Å²) in [4.78, 5) is -0.465. The summed E-state index contributed by atoms with van der Waals surface area (Å²) in [5, 5.41) is 9.41. The zero-order valence-electron chi connectivity index (χ0n) is 14.3. The first-order chi connectivity index (χ1) is 11.9. The van der Waals surface area contributed by atoms with Gasteiger partial charge in [0.05, 0.1) is 0 Å². The van der Waals surface area contributed by atoms with Crippen LogP contribution in [-0.2, 0) is 16.5 Å². The highest BCUT2D eigenvalue weighted by molar-refractivity contribution is 7.86. The Morgan fingerprint density at radius 1 is 0.960 bits per heavy atom. The minimum absolute atomic E-state index is 0.0346. The molecule has 0 saturated heterocycles. The molecule has 0 bridgehead atoms. The van der Waals surface area contributed by atoms with Gasteiger partial charge in [-0.05, 0) is 42.7 Å². The standard InChI is InChI=1S/C19H24O5S/c1-2-3-4-5-6-7-15-8-11-17(12-9-15)24-18-13-10-16(20)14-19(18)25(21,22)23/h8-14,20H,2-7H2,1H3,(H,21,22,23). The number of unbranched alkanes of at least 4 members (excludes halogenated alkanes) is 4. The van der Waals surface area contributed by atoms with Crippen molar-refractivity contribution >= 4 is 10.1 Å². The Morgan fingerprint density at radius 2 is 1.64 bits per heavy atom. The summed E-state index contributed by atoms with van der Waals surface area (Å²) in [6.07, 6.45) is 7.13. The maximum atomic E-state index is 11.4. The molecular formula is C19H24O5S. The predicted molar refractivity (Wildman–Crippen MR) is 96.9 cm³/mol. The quantitative estimate of drug-likeness (QED) is 0.486. The zero-order valence-corrected chi connectivity index (χ0v) is 15.1. The lowest BCUT2D eigenvalue weighted by Crippen LogP contribution is -2.01. The molecule has 2 aromatic rings. The number of aryl methyl sites for hydroxylation is 1. The van der Waals surface area contributed by atoms with Gasteiger partial charge in [0.2, 0.25) is 0 Å². The number of phenolic OH excluding ortho intramolecular Hbond substituents is 1. The highest BCUT2D eigenvalue weighted by atomic mass is 32.2. The second kappa shape index (κ2) is 8.87. The van der Waals surface area contributed by atoms with Gasteiger partial charge in [0.15, 0.2) is 0 Å². The maximum Gasteiger partial charge on any atom is 0.298 e. The fourth-order valence-electron chi connectivity index (χ4n) is 2.57. The number of phenols is 1. The molecule has 0 heterocycles. The van der Waals surface area contributed by atoms with Crippen molar-refractivity contribution in [2.45, 2.75) is 50.3 Å². The first-order valence-corrected chi connectivity index (χ1v) is 9.91. The highest BCUT2D eigenvalue weighted by Crippen LogP contribution is 2.31. The van der Waals surface area contributed by atoms with Gasteiger partial charge < -0.3 is 9.84 Å². The van der Waals surface area contributed by atoms with Crippen molar-refractivity contribution in [2.24, 2.45) is 0 Å². The smallest absolute Gasteiger partial charge is 0.298 e. The van der Waals surface area contributed by atoms with Gasteiger partial charge in [-0.1, -0.05) is 44.7 Å². The minimum Gasteiger partial charge on any atom is -0.508 e. The molecule has 5 nitrogen and oxygen atoms in total. The molecular weight excluding hydrogens is 340 g/mol. The van der Waals surface area contributed by atoms with Crippen molar-refractivity contribution in [1.29, 1.82) is 0 Å². The van der Waals surface area contributed by atoms with Crippen molar-refractivity contribution in [3.63, 3.8) is 0 Å². The normalized spacial score (nSPS) is 11.4. The van der Waals surface area contributed by atoms with Gasteiger partial charge in [-0.3, -0.25) is 4.55 Å². The molecule has 0 aliphatic rings. The molecule has 136 valence electrons. The Labute approximate surface area is 149 Å². The van der Waals surface area contributed by atoms with Gasteiger partial charge in [-0.2, -0.15) is 8.42 Å². The monoisotopic (exact) mass is 364 g/mol. The molecule has 0 radical (unpaired) electrons. The van der Waals surface area contributed by atoms with Crippen LogP contribution >= 0.6 is 0 Å². The van der Waals surface area contributed by atoms with Crippen molar-refractivity contribution < 1.29 is 22.8 Å². The molecule has 2 aromatic carbocycles. The Balaban J connectivity index is 2.02. The van der Waals surface area contributed by atoms with E-state index in [-0.39, 0.29) is 11.5 Å². The summed E-state index contributed by atoms with van der Waals surface area (Å²) in [6.45, 7) is 2.19. The number of ether oxygens (including phenoxy) is 1. The van der Waals surface area contributed by atoms with Crippen molar-refractivity contribution in [3.05, 3.63) is 48.0 Å². The molecule has 6 heteroatoms. The lowest BCUT2D eigenvalue weighted by molar-refractivity contribution is 0.439. The van der Waals surface area contributed by atoms with E-state index >= 15 is 0 Å². The van der Waals surface area contributed by atoms with Gasteiger partial charge in [0, 0.05) is 6.07 Å². The van der Waals surface area contributed by atoms with Crippen LogP contribution in [0.2, 0.25) is 0 Å². The third-order valence-electron chi connectivity index (χ3n) is 3.93. The van der Waals surface area contributed by atoms with Crippen molar-refractivity contribution in [2.75, 3.05) is 0 Å². The second-order valence-electron chi connectivity index (χ2n) is 6.02. The zero-order chi connectivity index (χ0) is 18.3. The van der Waals surface area contributed by atoms with Gasteiger partial charge in [0.1, 0.15) is 22.1 Å². The summed E-state index contributed by atoms with van der Waals surface area (Å²) < 4.78 is 37.6. The van der Waals surface area contributed by atoms with E-state index in [1.807, 2.05) is 12.1 Å². The Morgan fingerprint density at radius 3 is 2.28 bits per heavy atom. The molecule has 0 amide bonds. The van der Waals surface area contributed by atoms with E-state index in [0.29, 0.717) is 5.75 Å². The highest BCUT2D eigenvalue weighted by Gasteiger charge is 2.18. The number of hydrogen-bond donors (Lipinski definition) is 2. The molecule has 0 aliphatic heterocycles. The Bertz CT molecular complexity index is 782. The van der Waals surface area contributed by atoms with Crippen LogP contribution in [0, 0.1) is 0 Å². The minimum atomic E-state index is -4.49. The fourth-order valence-corrected chi connectivity index (χ4v) is 3.20. The lowest BCUT2D eigenvalue weighted by atomic mass is 10.1. The van der Waals surface area contributed by atoms with E-state index in [0.717, 1.165) is 18.9 Å². The van der Waals surface area contributed by atoms with Crippen LogP contribution in [-0.4, -0.2) is 18.1 Å². The predicted octanol–water partition coefficient (Wildman–Crippen LogP) is 4.94. The molecule has 0 fully saturated rings. The summed E-state index contributed by atoms with van der Waals surface area (Å²) in [7, 11) is -4.49. The molecule has 2 rings (SSSR count). The molecule has 0 atom stereocenters. The Hall–Kier alpha value is -2.05. The van der Waals surface area contributed by atoms with E-state index < -0.39 is 15.0 Å². The molecule has 2 N–H and O–H groups in total. The van der Waals surface area contributed by atoms with E-state index in [9.17, 15) is 18.1 Å². The summed E-state index contributed by atoms with van der Waals surface area (Å²) in [5.74, 6) is 0.163. The van der Waals surface area contributed by atoms with Gasteiger partial charge in [0.25, 0.3) is 10.1 Å². The SMILES string of the molecule is CCCCCCCc1ccc(Oc2ccc(O)cc2S(=O)(=O)O)cc1. The van der Waals surface area contributed by atoms with Crippen LogP contribution in [0.15, 0.2) is 47.4 Å². The van der Waals surface area contributed by atoms with Crippen LogP contribution in [0.25, 0.3) is 0 Å². The summed E-state index contributed by atoms with van der Waals surface area (Å²) in [5.41, 5.74) is 1.20. The average Bonchev–Trinajstić information content (AvgIpc) is 2.57. The number of aromatic hydroxyl groups is 1. The largest absolute Gasteiger partial charge is 0.508 e. The summed E-state index contributed by atoms with van der Waals surface area (Å²) in [6, 6.07) is 11.0. The topological polar surface area (TPSA) is 83.8 Å². The average molecular weight is 364 g/mol. The molecule has 0 aromatic heterocycles. The van der Waals surface area contributed by atoms with Crippen LogP contribution in [0.4, 0.5) is 0 Å². The van der Waals surface area contributed by atoms with Crippen molar-refractivity contribution in [3.8, 4) is 17.2 Å². The lowest BCUT2D eigenvalue weighted by Gasteiger charge is -2.10. The van der Waals surface area contributed by atoms with Crippen LogP contribution in [0.1, 0.15) is 44.6 Å². The number of hydrogen-bond acceptors (Lipinski definition) is 4.